The summed E-state index contributed by atoms with van der Waals surface area (Å²) in [5, 5.41) is 0. The minimum Gasteiger partial charge on any atom is -0.486 e. The van der Waals surface area contributed by atoms with Crippen LogP contribution < -0.4 is 15.2 Å². The molecule has 2 aliphatic heterocycles. The van der Waals surface area contributed by atoms with E-state index in [1.54, 1.807) is 0 Å². The standard InChI is InChI=1S/C15H21BrN2O2S/c1-18(11-2-5-21-9-11)13(8-17)10-6-12(16)15-14(7-10)19-3-4-20-15/h6-7,11,13H,2-5,8-9,17H2,1H3. The lowest BCUT2D eigenvalue weighted by Crippen LogP contribution is -2.38. The van der Waals surface area contributed by atoms with Gasteiger partial charge in [0.15, 0.2) is 11.5 Å². The normalized spacial score (nSPS) is 22.6. The van der Waals surface area contributed by atoms with Crippen molar-refractivity contribution in [2.45, 2.75) is 18.5 Å². The summed E-state index contributed by atoms with van der Waals surface area (Å²) >= 11 is 5.62. The monoisotopic (exact) mass is 372 g/mol. The van der Waals surface area contributed by atoms with Crippen molar-refractivity contribution in [3.8, 4) is 11.5 Å². The highest BCUT2D eigenvalue weighted by molar-refractivity contribution is 9.10. The number of nitrogens with zero attached hydrogens (tertiary/aromatic N) is 1. The molecule has 0 spiro atoms. The second-order valence-corrected chi connectivity index (χ2v) is 7.47. The van der Waals surface area contributed by atoms with Crippen molar-refractivity contribution >= 4 is 27.7 Å². The lowest BCUT2D eigenvalue weighted by atomic mass is 10.0. The molecule has 116 valence electrons. The van der Waals surface area contributed by atoms with Crippen LogP contribution in [0, 0.1) is 0 Å². The third-order valence-electron chi connectivity index (χ3n) is 4.20. The first-order valence-electron chi connectivity index (χ1n) is 7.29. The zero-order valence-electron chi connectivity index (χ0n) is 12.2. The predicted octanol–water partition coefficient (Wildman–Crippen LogP) is 2.66. The fourth-order valence-corrected chi connectivity index (χ4v) is 4.81. The van der Waals surface area contributed by atoms with Gasteiger partial charge in [-0.2, -0.15) is 11.8 Å². The van der Waals surface area contributed by atoms with Crippen molar-refractivity contribution in [1.82, 2.24) is 4.90 Å². The van der Waals surface area contributed by atoms with E-state index in [1.807, 2.05) is 11.8 Å². The van der Waals surface area contributed by atoms with Gasteiger partial charge in [-0.15, -0.1) is 0 Å². The summed E-state index contributed by atoms with van der Waals surface area (Å²) in [5.74, 6) is 4.06. The van der Waals surface area contributed by atoms with Gasteiger partial charge < -0.3 is 15.2 Å². The summed E-state index contributed by atoms with van der Waals surface area (Å²) in [6, 6.07) is 5.01. The van der Waals surface area contributed by atoms with Gasteiger partial charge in [-0.3, -0.25) is 4.90 Å². The van der Waals surface area contributed by atoms with Crippen molar-refractivity contribution < 1.29 is 9.47 Å². The second-order valence-electron chi connectivity index (χ2n) is 5.46. The Bertz CT molecular complexity index is 509. The fraction of sp³-hybridized carbons (Fsp3) is 0.600. The molecule has 1 aromatic carbocycles. The molecule has 0 amide bonds. The number of likely N-dealkylation sites (N-methyl/N-ethyl adjacent to an activating group) is 1. The SMILES string of the molecule is CN(C1CCSC1)C(CN)c1cc(Br)c2c(c1)OCCO2. The van der Waals surface area contributed by atoms with E-state index in [0.29, 0.717) is 25.8 Å². The Labute approximate surface area is 138 Å². The molecule has 0 radical (unpaired) electrons. The quantitative estimate of drug-likeness (QED) is 0.880. The topological polar surface area (TPSA) is 47.7 Å². The molecule has 2 atom stereocenters. The van der Waals surface area contributed by atoms with Gasteiger partial charge in [0.1, 0.15) is 13.2 Å². The largest absolute Gasteiger partial charge is 0.486 e. The van der Waals surface area contributed by atoms with E-state index in [1.165, 1.54) is 23.5 Å². The van der Waals surface area contributed by atoms with Crippen LogP contribution in [0.2, 0.25) is 0 Å². The minimum absolute atomic E-state index is 0.209. The summed E-state index contributed by atoms with van der Waals surface area (Å²) in [4.78, 5) is 2.41. The van der Waals surface area contributed by atoms with E-state index in [-0.39, 0.29) is 6.04 Å². The minimum atomic E-state index is 0.209. The molecule has 6 heteroatoms. The Hall–Kier alpha value is -0.430. The van der Waals surface area contributed by atoms with Gasteiger partial charge >= 0.3 is 0 Å². The zero-order chi connectivity index (χ0) is 14.8. The number of hydrogen-bond donors (Lipinski definition) is 1. The van der Waals surface area contributed by atoms with Crippen molar-refractivity contribution in [2.24, 2.45) is 5.73 Å². The summed E-state index contributed by atoms with van der Waals surface area (Å²) in [6.07, 6.45) is 1.24. The van der Waals surface area contributed by atoms with Crippen molar-refractivity contribution in [3.63, 3.8) is 0 Å². The molecule has 2 heterocycles. The highest BCUT2D eigenvalue weighted by Crippen LogP contribution is 2.41. The smallest absolute Gasteiger partial charge is 0.175 e. The number of ether oxygens (including phenoxy) is 2. The van der Waals surface area contributed by atoms with Crippen LogP contribution in [0.5, 0.6) is 11.5 Å². The fourth-order valence-electron chi connectivity index (χ4n) is 2.96. The lowest BCUT2D eigenvalue weighted by Gasteiger charge is -2.33. The number of fused-ring (bicyclic) bond motifs is 1. The first-order valence-corrected chi connectivity index (χ1v) is 9.24. The first-order chi connectivity index (χ1) is 10.2. The first kappa shape index (κ1) is 15.5. The third kappa shape index (κ3) is 3.18. The van der Waals surface area contributed by atoms with E-state index < -0.39 is 0 Å². The summed E-state index contributed by atoms with van der Waals surface area (Å²) in [6.45, 7) is 1.81. The molecule has 1 aromatic rings. The number of thioether (sulfide) groups is 1. The van der Waals surface area contributed by atoms with Gasteiger partial charge in [0, 0.05) is 24.4 Å². The Morgan fingerprint density at radius 2 is 2.24 bits per heavy atom. The van der Waals surface area contributed by atoms with Gasteiger partial charge in [0.05, 0.1) is 4.47 Å². The third-order valence-corrected chi connectivity index (χ3v) is 5.93. The Morgan fingerprint density at radius 3 is 2.95 bits per heavy atom. The van der Waals surface area contributed by atoms with E-state index in [2.05, 4.69) is 40.0 Å². The maximum Gasteiger partial charge on any atom is 0.175 e. The Morgan fingerprint density at radius 1 is 1.43 bits per heavy atom. The van der Waals surface area contributed by atoms with Crippen LogP contribution in [0.1, 0.15) is 18.0 Å². The van der Waals surface area contributed by atoms with Crippen molar-refractivity contribution in [1.29, 1.82) is 0 Å². The van der Waals surface area contributed by atoms with Crippen LogP contribution in [-0.4, -0.2) is 49.3 Å². The molecular weight excluding hydrogens is 352 g/mol. The van der Waals surface area contributed by atoms with Crippen LogP contribution >= 0.6 is 27.7 Å². The average molecular weight is 373 g/mol. The molecule has 2 N–H and O–H groups in total. The second kappa shape index (κ2) is 6.77. The number of rotatable bonds is 4. The lowest BCUT2D eigenvalue weighted by molar-refractivity contribution is 0.167. The molecule has 21 heavy (non-hydrogen) atoms. The number of nitrogens with two attached hydrogens (primary N) is 1. The van der Waals surface area contributed by atoms with Crippen LogP contribution in [0.4, 0.5) is 0 Å². The van der Waals surface area contributed by atoms with Gasteiger partial charge in [0.25, 0.3) is 0 Å². The number of benzene rings is 1. The van der Waals surface area contributed by atoms with Gasteiger partial charge in [-0.1, -0.05) is 0 Å². The van der Waals surface area contributed by atoms with Crippen LogP contribution in [0.15, 0.2) is 16.6 Å². The maximum atomic E-state index is 6.06. The van der Waals surface area contributed by atoms with Crippen molar-refractivity contribution in [3.05, 3.63) is 22.2 Å². The highest BCUT2D eigenvalue weighted by Gasteiger charge is 2.28. The van der Waals surface area contributed by atoms with Crippen LogP contribution in [0.3, 0.4) is 0 Å². The summed E-state index contributed by atoms with van der Waals surface area (Å²) < 4.78 is 12.3. The predicted molar refractivity (Wildman–Crippen MR) is 90.4 cm³/mol. The van der Waals surface area contributed by atoms with E-state index in [4.69, 9.17) is 15.2 Å². The number of hydrogen-bond acceptors (Lipinski definition) is 5. The molecule has 0 aromatic heterocycles. The Kier molecular flexibility index (Phi) is 4.99. The molecule has 0 saturated carbocycles. The zero-order valence-corrected chi connectivity index (χ0v) is 14.6. The number of halogens is 1. The highest BCUT2D eigenvalue weighted by atomic mass is 79.9. The molecule has 3 rings (SSSR count). The summed E-state index contributed by atoms with van der Waals surface area (Å²) in [5.41, 5.74) is 7.25. The molecule has 0 aliphatic carbocycles. The van der Waals surface area contributed by atoms with Crippen LogP contribution in [-0.2, 0) is 0 Å². The van der Waals surface area contributed by atoms with Crippen molar-refractivity contribution in [2.75, 3.05) is 38.3 Å². The Balaban J connectivity index is 1.88. The molecule has 1 saturated heterocycles. The molecular formula is C15H21BrN2O2S. The van der Waals surface area contributed by atoms with Crippen LogP contribution in [0.25, 0.3) is 0 Å². The molecule has 2 unspecified atom stereocenters. The average Bonchev–Trinajstić information content (AvgIpc) is 3.02. The molecule has 2 aliphatic rings. The molecule has 1 fully saturated rings. The van der Waals surface area contributed by atoms with Gasteiger partial charge in [0.2, 0.25) is 0 Å². The molecule has 0 bridgehead atoms. The molecule has 4 nitrogen and oxygen atoms in total. The van der Waals surface area contributed by atoms with E-state index in [9.17, 15) is 0 Å². The van der Waals surface area contributed by atoms with Gasteiger partial charge in [-0.05, 0) is 52.8 Å². The van der Waals surface area contributed by atoms with E-state index >= 15 is 0 Å². The summed E-state index contributed by atoms with van der Waals surface area (Å²) in [7, 11) is 2.18. The maximum absolute atomic E-state index is 6.06. The van der Waals surface area contributed by atoms with Gasteiger partial charge in [-0.25, -0.2) is 0 Å². The van der Waals surface area contributed by atoms with E-state index in [0.717, 1.165) is 16.0 Å².